The molecule has 5 rings (SSSR count). The van der Waals surface area contributed by atoms with Crippen LogP contribution >= 0.6 is 11.3 Å². The standard InChI is InChI=1S/C19H20N6O3S/c26-17(11-3-4-11)24-15-8-25-7-13(20-6-16(25)23-15)14-10-29-19(22-14)18(27)21-12-2-1-5-28-9-12/h6-8,10-12H,1-5,9H2,(H,21,27)(H,24,26)/t12-/m1/s1. The lowest BCUT2D eigenvalue weighted by Gasteiger charge is -2.22. The van der Waals surface area contributed by atoms with Gasteiger partial charge in [0.05, 0.1) is 25.0 Å². The van der Waals surface area contributed by atoms with Gasteiger partial charge >= 0.3 is 0 Å². The molecule has 1 saturated heterocycles. The van der Waals surface area contributed by atoms with E-state index in [9.17, 15) is 9.59 Å². The first-order chi connectivity index (χ1) is 14.2. The van der Waals surface area contributed by atoms with Crippen LogP contribution < -0.4 is 10.6 Å². The number of anilines is 1. The summed E-state index contributed by atoms with van der Waals surface area (Å²) in [6.45, 7) is 1.30. The molecule has 2 N–H and O–H groups in total. The van der Waals surface area contributed by atoms with Crippen LogP contribution in [0.3, 0.4) is 0 Å². The van der Waals surface area contributed by atoms with E-state index >= 15 is 0 Å². The fourth-order valence-electron chi connectivity index (χ4n) is 3.26. The second kappa shape index (κ2) is 7.53. The number of nitrogens with one attached hydrogen (secondary N) is 2. The zero-order valence-electron chi connectivity index (χ0n) is 15.6. The van der Waals surface area contributed by atoms with Gasteiger partial charge in [-0.15, -0.1) is 11.3 Å². The quantitative estimate of drug-likeness (QED) is 0.664. The monoisotopic (exact) mass is 412 g/mol. The molecule has 1 atom stereocenters. The van der Waals surface area contributed by atoms with Crippen molar-refractivity contribution in [2.75, 3.05) is 18.5 Å². The summed E-state index contributed by atoms with van der Waals surface area (Å²) in [6.07, 6.45) is 8.93. The highest BCUT2D eigenvalue weighted by molar-refractivity contribution is 7.12. The maximum atomic E-state index is 12.4. The summed E-state index contributed by atoms with van der Waals surface area (Å²) in [6, 6.07) is 0.0355. The molecule has 1 saturated carbocycles. The average molecular weight is 412 g/mol. The number of imidazole rings is 1. The van der Waals surface area contributed by atoms with Gasteiger partial charge in [0.25, 0.3) is 5.91 Å². The zero-order valence-corrected chi connectivity index (χ0v) is 16.4. The maximum Gasteiger partial charge on any atom is 0.280 e. The van der Waals surface area contributed by atoms with E-state index in [1.165, 1.54) is 11.3 Å². The van der Waals surface area contributed by atoms with Crippen molar-refractivity contribution in [1.29, 1.82) is 0 Å². The van der Waals surface area contributed by atoms with Crippen molar-refractivity contribution in [3.05, 3.63) is 29.0 Å². The molecule has 2 aliphatic rings. The molecule has 0 bridgehead atoms. The number of fused-ring (bicyclic) bond motifs is 1. The molecule has 3 aromatic rings. The highest BCUT2D eigenvalue weighted by Crippen LogP contribution is 2.30. The van der Waals surface area contributed by atoms with E-state index in [0.29, 0.717) is 34.5 Å². The molecule has 0 spiro atoms. The highest BCUT2D eigenvalue weighted by Gasteiger charge is 2.30. The number of hydrogen-bond acceptors (Lipinski definition) is 7. The van der Waals surface area contributed by atoms with E-state index in [1.54, 1.807) is 23.0 Å². The predicted molar refractivity (Wildman–Crippen MR) is 107 cm³/mol. The topological polar surface area (TPSA) is 111 Å². The van der Waals surface area contributed by atoms with Gasteiger partial charge in [-0.3, -0.25) is 9.59 Å². The summed E-state index contributed by atoms with van der Waals surface area (Å²) in [4.78, 5) is 37.6. The molecule has 1 aliphatic carbocycles. The van der Waals surface area contributed by atoms with Gasteiger partial charge < -0.3 is 19.8 Å². The Morgan fingerprint density at radius 2 is 2.07 bits per heavy atom. The number of thiazole rings is 1. The van der Waals surface area contributed by atoms with Crippen LogP contribution in [0, 0.1) is 5.92 Å². The maximum absolute atomic E-state index is 12.4. The number of carbonyl (C=O) groups is 2. The van der Waals surface area contributed by atoms with Gasteiger partial charge in [0.15, 0.2) is 16.5 Å². The fourth-order valence-corrected chi connectivity index (χ4v) is 3.98. The molecule has 150 valence electrons. The lowest BCUT2D eigenvalue weighted by molar-refractivity contribution is -0.117. The minimum atomic E-state index is -0.189. The third-order valence-electron chi connectivity index (χ3n) is 5.00. The summed E-state index contributed by atoms with van der Waals surface area (Å²) in [5.74, 6) is 0.452. The minimum Gasteiger partial charge on any atom is -0.379 e. The summed E-state index contributed by atoms with van der Waals surface area (Å²) in [7, 11) is 0. The van der Waals surface area contributed by atoms with E-state index in [0.717, 1.165) is 32.3 Å². The van der Waals surface area contributed by atoms with Crippen molar-refractivity contribution < 1.29 is 14.3 Å². The van der Waals surface area contributed by atoms with Gasteiger partial charge in [-0.05, 0) is 25.7 Å². The SMILES string of the molecule is O=C(N[C@@H]1CCCOC1)c1nc(-c2cn3cc(NC(=O)C4CC4)nc3cn2)cs1. The van der Waals surface area contributed by atoms with Crippen LogP contribution in [0.4, 0.5) is 5.82 Å². The molecule has 10 heteroatoms. The number of ether oxygens (including phenoxy) is 1. The molecule has 4 heterocycles. The molecule has 0 unspecified atom stereocenters. The predicted octanol–water partition coefficient (Wildman–Crippen LogP) is 2.11. The van der Waals surface area contributed by atoms with Crippen LogP contribution in [-0.4, -0.2) is 50.4 Å². The summed E-state index contributed by atoms with van der Waals surface area (Å²) < 4.78 is 7.20. The largest absolute Gasteiger partial charge is 0.379 e. The van der Waals surface area contributed by atoms with Crippen LogP contribution in [0.15, 0.2) is 24.0 Å². The van der Waals surface area contributed by atoms with Crippen LogP contribution in [-0.2, 0) is 9.53 Å². The van der Waals surface area contributed by atoms with Crippen molar-refractivity contribution in [1.82, 2.24) is 24.7 Å². The summed E-state index contributed by atoms with van der Waals surface area (Å²) in [5.41, 5.74) is 1.89. The van der Waals surface area contributed by atoms with Crippen LogP contribution in [0.5, 0.6) is 0 Å². The van der Waals surface area contributed by atoms with Crippen molar-refractivity contribution >= 4 is 34.6 Å². The third-order valence-corrected chi connectivity index (χ3v) is 5.84. The summed E-state index contributed by atoms with van der Waals surface area (Å²) in [5, 5.41) is 8.02. The molecule has 0 radical (unpaired) electrons. The number of nitrogens with zero attached hydrogens (tertiary/aromatic N) is 4. The van der Waals surface area contributed by atoms with E-state index < -0.39 is 0 Å². The second-order valence-corrected chi connectivity index (χ2v) is 8.21. The fraction of sp³-hybridized carbons (Fsp3) is 0.421. The Bertz CT molecular complexity index is 1070. The van der Waals surface area contributed by atoms with E-state index in [2.05, 4.69) is 25.6 Å². The van der Waals surface area contributed by atoms with Crippen molar-refractivity contribution in [2.45, 2.75) is 31.7 Å². The van der Waals surface area contributed by atoms with Gasteiger partial charge in [0.2, 0.25) is 5.91 Å². The number of rotatable bonds is 5. The lowest BCUT2D eigenvalue weighted by atomic mass is 10.1. The number of hydrogen-bond donors (Lipinski definition) is 2. The molecular weight excluding hydrogens is 392 g/mol. The molecular formula is C19H20N6O3S. The van der Waals surface area contributed by atoms with Crippen molar-refractivity contribution in [3.63, 3.8) is 0 Å². The first kappa shape index (κ1) is 18.2. The summed E-state index contributed by atoms with van der Waals surface area (Å²) >= 11 is 1.28. The van der Waals surface area contributed by atoms with Crippen LogP contribution in [0.2, 0.25) is 0 Å². The Morgan fingerprint density at radius 1 is 1.17 bits per heavy atom. The molecule has 0 aromatic carbocycles. The van der Waals surface area contributed by atoms with Gasteiger partial charge in [-0.25, -0.2) is 15.0 Å². The van der Waals surface area contributed by atoms with Gasteiger partial charge in [0, 0.05) is 24.1 Å². The van der Waals surface area contributed by atoms with Gasteiger partial charge in [-0.1, -0.05) is 0 Å². The lowest BCUT2D eigenvalue weighted by Crippen LogP contribution is -2.40. The van der Waals surface area contributed by atoms with E-state index in [4.69, 9.17) is 4.74 Å². The Labute approximate surface area is 170 Å². The van der Waals surface area contributed by atoms with Crippen LogP contribution in [0.25, 0.3) is 17.0 Å². The van der Waals surface area contributed by atoms with Gasteiger partial charge in [-0.2, -0.15) is 0 Å². The van der Waals surface area contributed by atoms with Crippen LogP contribution in [0.1, 0.15) is 35.5 Å². The normalized spacial score (nSPS) is 19.2. The molecule has 2 amide bonds. The third kappa shape index (κ3) is 3.99. The molecule has 3 aromatic heterocycles. The Hall–Kier alpha value is -2.85. The molecule has 9 nitrogen and oxygen atoms in total. The molecule has 1 aliphatic heterocycles. The smallest absolute Gasteiger partial charge is 0.280 e. The highest BCUT2D eigenvalue weighted by atomic mass is 32.1. The zero-order chi connectivity index (χ0) is 19.8. The number of aromatic nitrogens is 4. The van der Waals surface area contributed by atoms with Crippen molar-refractivity contribution in [3.8, 4) is 11.4 Å². The van der Waals surface area contributed by atoms with Crippen molar-refractivity contribution in [2.24, 2.45) is 5.92 Å². The Kier molecular flexibility index (Phi) is 4.72. The minimum absolute atomic E-state index is 0.0140. The van der Waals surface area contributed by atoms with E-state index in [-0.39, 0.29) is 23.8 Å². The number of amides is 2. The molecule has 29 heavy (non-hydrogen) atoms. The molecule has 2 fully saturated rings. The average Bonchev–Trinajstić information content (AvgIpc) is 3.32. The first-order valence-corrected chi connectivity index (χ1v) is 10.5. The number of carbonyl (C=O) groups excluding carboxylic acids is 2. The van der Waals surface area contributed by atoms with E-state index in [1.807, 2.05) is 5.38 Å². The Morgan fingerprint density at radius 3 is 2.86 bits per heavy atom. The van der Waals surface area contributed by atoms with Gasteiger partial charge in [0.1, 0.15) is 11.4 Å². The second-order valence-electron chi connectivity index (χ2n) is 7.35. The first-order valence-electron chi connectivity index (χ1n) is 9.66. The Balaban J connectivity index is 1.31.